The number of ether oxygens (including phenoxy) is 2. The van der Waals surface area contributed by atoms with Crippen molar-refractivity contribution in [1.29, 1.82) is 0 Å². The SMILES string of the molecule is CCc1nc(CCNCc2cc(OC)ccc2OCc2ccccn2)cs1. The van der Waals surface area contributed by atoms with Gasteiger partial charge in [-0.3, -0.25) is 4.98 Å². The molecule has 0 aliphatic carbocycles. The summed E-state index contributed by atoms with van der Waals surface area (Å²) in [6.45, 7) is 4.15. The van der Waals surface area contributed by atoms with Crippen LogP contribution in [0.15, 0.2) is 48.0 Å². The quantitative estimate of drug-likeness (QED) is 0.536. The first kappa shape index (κ1) is 19.3. The highest BCUT2D eigenvalue weighted by Crippen LogP contribution is 2.25. The average molecular weight is 384 g/mol. The molecule has 27 heavy (non-hydrogen) atoms. The van der Waals surface area contributed by atoms with Crippen LogP contribution in [-0.4, -0.2) is 23.6 Å². The molecule has 0 spiro atoms. The van der Waals surface area contributed by atoms with Gasteiger partial charge in [0.15, 0.2) is 0 Å². The molecule has 0 bridgehead atoms. The Kier molecular flexibility index (Phi) is 7.19. The highest BCUT2D eigenvalue weighted by molar-refractivity contribution is 7.09. The number of benzene rings is 1. The van der Waals surface area contributed by atoms with Crippen molar-refractivity contribution in [3.05, 3.63) is 69.9 Å². The third-order valence-electron chi connectivity index (χ3n) is 4.14. The molecule has 0 amide bonds. The predicted octanol–water partition coefficient (Wildman–Crippen LogP) is 4.02. The lowest BCUT2D eigenvalue weighted by atomic mass is 10.2. The van der Waals surface area contributed by atoms with Crippen LogP contribution in [0.1, 0.15) is 28.9 Å². The second kappa shape index (κ2) is 10.0. The molecule has 2 aromatic heterocycles. The largest absolute Gasteiger partial charge is 0.497 e. The highest BCUT2D eigenvalue weighted by Gasteiger charge is 2.07. The van der Waals surface area contributed by atoms with E-state index in [1.54, 1.807) is 24.6 Å². The van der Waals surface area contributed by atoms with Crippen LogP contribution in [0.5, 0.6) is 11.5 Å². The minimum atomic E-state index is 0.443. The van der Waals surface area contributed by atoms with Gasteiger partial charge in [-0.25, -0.2) is 4.98 Å². The fourth-order valence-corrected chi connectivity index (χ4v) is 3.44. The lowest BCUT2D eigenvalue weighted by molar-refractivity contribution is 0.296. The molecule has 0 saturated heterocycles. The molecule has 5 nitrogen and oxygen atoms in total. The molecule has 0 fully saturated rings. The first-order valence-corrected chi connectivity index (χ1v) is 10.00. The Bertz CT molecular complexity index is 836. The monoisotopic (exact) mass is 383 g/mol. The first-order chi connectivity index (χ1) is 13.3. The number of rotatable bonds is 10. The first-order valence-electron chi connectivity index (χ1n) is 9.12. The number of hydrogen-bond acceptors (Lipinski definition) is 6. The number of nitrogens with zero attached hydrogens (tertiary/aromatic N) is 2. The molecule has 0 saturated carbocycles. The molecule has 1 aromatic carbocycles. The van der Waals surface area contributed by atoms with Gasteiger partial charge in [0.05, 0.1) is 23.5 Å². The molecule has 0 radical (unpaired) electrons. The van der Waals surface area contributed by atoms with E-state index in [0.717, 1.165) is 47.8 Å². The van der Waals surface area contributed by atoms with Crippen molar-refractivity contribution in [2.45, 2.75) is 32.9 Å². The van der Waals surface area contributed by atoms with Gasteiger partial charge in [0, 0.05) is 36.7 Å². The van der Waals surface area contributed by atoms with Gasteiger partial charge in [-0.2, -0.15) is 0 Å². The Balaban J connectivity index is 1.56. The zero-order valence-electron chi connectivity index (χ0n) is 15.8. The summed E-state index contributed by atoms with van der Waals surface area (Å²) in [6.07, 6.45) is 3.70. The van der Waals surface area contributed by atoms with E-state index in [-0.39, 0.29) is 0 Å². The summed E-state index contributed by atoms with van der Waals surface area (Å²) in [5.41, 5.74) is 3.13. The molecule has 2 heterocycles. The Morgan fingerprint density at radius 1 is 1.15 bits per heavy atom. The standard InChI is InChI=1S/C21H25N3O2S/c1-3-21-24-18(15-27-21)9-11-22-13-16-12-19(25-2)7-8-20(16)26-14-17-6-4-5-10-23-17/h4-8,10,12,15,22H,3,9,11,13-14H2,1-2H3. The maximum absolute atomic E-state index is 5.99. The van der Waals surface area contributed by atoms with Crippen molar-refractivity contribution in [3.63, 3.8) is 0 Å². The number of aryl methyl sites for hydroxylation is 1. The summed E-state index contributed by atoms with van der Waals surface area (Å²) in [5, 5.41) is 6.82. The smallest absolute Gasteiger partial charge is 0.130 e. The van der Waals surface area contributed by atoms with Crippen molar-refractivity contribution in [3.8, 4) is 11.5 Å². The molecule has 6 heteroatoms. The van der Waals surface area contributed by atoms with Crippen molar-refractivity contribution in [2.24, 2.45) is 0 Å². The van der Waals surface area contributed by atoms with Crippen molar-refractivity contribution in [2.75, 3.05) is 13.7 Å². The number of methoxy groups -OCH3 is 1. The third kappa shape index (κ3) is 5.77. The Labute approximate surface area is 164 Å². The van der Waals surface area contributed by atoms with Gasteiger partial charge < -0.3 is 14.8 Å². The van der Waals surface area contributed by atoms with Gasteiger partial charge in [-0.05, 0) is 36.8 Å². The second-order valence-electron chi connectivity index (χ2n) is 6.10. The minimum Gasteiger partial charge on any atom is -0.497 e. The van der Waals surface area contributed by atoms with Gasteiger partial charge in [0.25, 0.3) is 0 Å². The highest BCUT2D eigenvalue weighted by atomic mass is 32.1. The number of aromatic nitrogens is 2. The molecular weight excluding hydrogens is 358 g/mol. The summed E-state index contributed by atoms with van der Waals surface area (Å²) in [4.78, 5) is 8.91. The molecule has 142 valence electrons. The topological polar surface area (TPSA) is 56.3 Å². The Morgan fingerprint density at radius 3 is 2.81 bits per heavy atom. The van der Waals surface area contributed by atoms with E-state index >= 15 is 0 Å². The maximum atomic E-state index is 5.99. The van der Waals surface area contributed by atoms with Gasteiger partial charge in [-0.1, -0.05) is 13.0 Å². The zero-order valence-corrected chi connectivity index (χ0v) is 16.6. The van der Waals surface area contributed by atoms with Gasteiger partial charge >= 0.3 is 0 Å². The molecule has 3 rings (SSSR count). The van der Waals surface area contributed by atoms with Crippen molar-refractivity contribution < 1.29 is 9.47 Å². The van der Waals surface area contributed by atoms with E-state index in [1.165, 1.54) is 5.01 Å². The van der Waals surface area contributed by atoms with Gasteiger partial charge in [-0.15, -0.1) is 11.3 Å². The van der Waals surface area contributed by atoms with E-state index in [9.17, 15) is 0 Å². The fourth-order valence-electron chi connectivity index (χ4n) is 2.66. The minimum absolute atomic E-state index is 0.443. The normalized spacial score (nSPS) is 10.7. The molecule has 0 aliphatic heterocycles. The number of pyridine rings is 1. The van der Waals surface area contributed by atoms with Crippen LogP contribution in [0, 0.1) is 0 Å². The lowest BCUT2D eigenvalue weighted by Gasteiger charge is -2.13. The number of nitrogens with one attached hydrogen (secondary N) is 1. The molecular formula is C21H25N3O2S. The summed E-state index contributed by atoms with van der Waals surface area (Å²) >= 11 is 1.73. The molecule has 0 atom stereocenters. The van der Waals surface area contributed by atoms with E-state index < -0.39 is 0 Å². The summed E-state index contributed by atoms with van der Waals surface area (Å²) < 4.78 is 11.3. The fraction of sp³-hybridized carbons (Fsp3) is 0.333. The number of hydrogen-bond donors (Lipinski definition) is 1. The molecule has 3 aromatic rings. The Morgan fingerprint density at radius 2 is 2.07 bits per heavy atom. The van der Waals surface area contributed by atoms with Gasteiger partial charge in [0.2, 0.25) is 0 Å². The van der Waals surface area contributed by atoms with E-state index in [4.69, 9.17) is 9.47 Å². The number of thiazole rings is 1. The van der Waals surface area contributed by atoms with Crippen molar-refractivity contribution in [1.82, 2.24) is 15.3 Å². The third-order valence-corrected chi connectivity index (χ3v) is 5.19. The van der Waals surface area contributed by atoms with Crippen LogP contribution in [-0.2, 0) is 26.0 Å². The zero-order chi connectivity index (χ0) is 18.9. The lowest BCUT2D eigenvalue weighted by Crippen LogP contribution is -2.17. The molecule has 0 aliphatic rings. The average Bonchev–Trinajstić information content (AvgIpc) is 3.19. The van der Waals surface area contributed by atoms with Crippen LogP contribution in [0.4, 0.5) is 0 Å². The van der Waals surface area contributed by atoms with Gasteiger partial charge in [0.1, 0.15) is 18.1 Å². The second-order valence-corrected chi connectivity index (χ2v) is 7.04. The molecule has 0 unspecified atom stereocenters. The predicted molar refractivity (Wildman–Crippen MR) is 108 cm³/mol. The maximum Gasteiger partial charge on any atom is 0.130 e. The van der Waals surface area contributed by atoms with Crippen molar-refractivity contribution >= 4 is 11.3 Å². The summed E-state index contributed by atoms with van der Waals surface area (Å²) in [6, 6.07) is 11.7. The summed E-state index contributed by atoms with van der Waals surface area (Å²) in [5.74, 6) is 1.67. The van der Waals surface area contributed by atoms with Crippen LogP contribution >= 0.6 is 11.3 Å². The van der Waals surface area contributed by atoms with E-state index in [1.807, 2.05) is 36.4 Å². The van der Waals surface area contributed by atoms with Crippen LogP contribution in [0.25, 0.3) is 0 Å². The van der Waals surface area contributed by atoms with E-state index in [0.29, 0.717) is 13.2 Å². The van der Waals surface area contributed by atoms with E-state index in [2.05, 4.69) is 27.6 Å². The summed E-state index contributed by atoms with van der Waals surface area (Å²) in [7, 11) is 1.68. The van der Waals surface area contributed by atoms with Crippen LogP contribution in [0.2, 0.25) is 0 Å². The Hall–Kier alpha value is -2.44. The molecule has 1 N–H and O–H groups in total. The van der Waals surface area contributed by atoms with Crippen LogP contribution in [0.3, 0.4) is 0 Å². The van der Waals surface area contributed by atoms with Crippen LogP contribution < -0.4 is 14.8 Å².